The summed E-state index contributed by atoms with van der Waals surface area (Å²) in [6, 6.07) is 8.36. The Labute approximate surface area is 115 Å². The molecule has 0 saturated carbocycles. The number of aromatic nitrogens is 3. The fraction of sp³-hybridized carbons (Fsp3) is 0.333. The molecule has 0 aliphatic heterocycles. The van der Waals surface area contributed by atoms with Gasteiger partial charge >= 0.3 is 0 Å². The molecule has 5 heteroatoms. The van der Waals surface area contributed by atoms with E-state index < -0.39 is 0 Å². The van der Waals surface area contributed by atoms with Crippen molar-refractivity contribution in [3.63, 3.8) is 0 Å². The Bertz CT molecular complexity index is 524. The van der Waals surface area contributed by atoms with E-state index in [1.54, 1.807) is 0 Å². The smallest absolute Gasteiger partial charge is 0.187 e. The first kappa shape index (κ1) is 12.6. The largest absolute Gasteiger partial charge is 0.309 e. The van der Waals surface area contributed by atoms with Crippen molar-refractivity contribution in [1.29, 1.82) is 0 Å². The molecule has 90 valence electrons. The third-order valence-electron chi connectivity index (χ3n) is 2.85. The lowest BCUT2D eigenvalue weighted by molar-refractivity contribution is 0.664. The van der Waals surface area contributed by atoms with Gasteiger partial charge in [-0.3, -0.25) is 0 Å². The van der Waals surface area contributed by atoms with Crippen molar-refractivity contribution in [3.05, 3.63) is 40.1 Å². The summed E-state index contributed by atoms with van der Waals surface area (Å²) < 4.78 is 3.02. The molecule has 0 spiro atoms. The summed E-state index contributed by atoms with van der Waals surface area (Å²) in [5.74, 6) is 1.37. The van der Waals surface area contributed by atoms with Crippen LogP contribution in [0.25, 0.3) is 0 Å². The van der Waals surface area contributed by atoms with Crippen LogP contribution in [0.2, 0.25) is 0 Å². The molecule has 0 amide bonds. The zero-order valence-electron chi connectivity index (χ0n) is 9.76. The normalized spacial score (nSPS) is 12.7. The maximum absolute atomic E-state index is 4.23. The quantitative estimate of drug-likeness (QED) is 0.882. The number of hydrogen-bond donors (Lipinski definition) is 1. The van der Waals surface area contributed by atoms with Crippen LogP contribution < -0.4 is 0 Å². The Kier molecular flexibility index (Phi) is 3.89. The van der Waals surface area contributed by atoms with Crippen LogP contribution in [0.3, 0.4) is 0 Å². The van der Waals surface area contributed by atoms with E-state index in [-0.39, 0.29) is 0 Å². The summed E-state index contributed by atoms with van der Waals surface area (Å²) in [7, 11) is 1.94. The summed E-state index contributed by atoms with van der Waals surface area (Å²) in [4.78, 5) is 0. The zero-order valence-corrected chi connectivity index (χ0v) is 12.2. The van der Waals surface area contributed by atoms with Crippen LogP contribution in [-0.2, 0) is 13.5 Å². The SMILES string of the molecule is C[C@H](Cc1nnc(S)n1C)c1cccc(Br)c1. The van der Waals surface area contributed by atoms with Crippen molar-refractivity contribution >= 4 is 28.6 Å². The molecule has 1 aromatic carbocycles. The second-order valence-corrected chi connectivity index (χ2v) is 5.45. The van der Waals surface area contributed by atoms with Gasteiger partial charge in [-0.05, 0) is 23.6 Å². The van der Waals surface area contributed by atoms with E-state index in [0.717, 1.165) is 16.7 Å². The van der Waals surface area contributed by atoms with Gasteiger partial charge in [0.2, 0.25) is 0 Å². The van der Waals surface area contributed by atoms with Crippen LogP contribution >= 0.6 is 28.6 Å². The van der Waals surface area contributed by atoms with Gasteiger partial charge in [-0.25, -0.2) is 0 Å². The summed E-state index contributed by atoms with van der Waals surface area (Å²) >= 11 is 7.72. The minimum absolute atomic E-state index is 0.406. The average Bonchev–Trinajstić information content (AvgIpc) is 2.61. The highest BCUT2D eigenvalue weighted by Gasteiger charge is 2.12. The number of hydrogen-bond acceptors (Lipinski definition) is 3. The fourth-order valence-electron chi connectivity index (χ4n) is 1.73. The maximum Gasteiger partial charge on any atom is 0.187 e. The minimum atomic E-state index is 0.406. The van der Waals surface area contributed by atoms with E-state index in [0.29, 0.717) is 11.1 Å². The van der Waals surface area contributed by atoms with Crippen molar-refractivity contribution in [2.75, 3.05) is 0 Å². The number of thiol groups is 1. The Morgan fingerprint density at radius 3 is 2.76 bits per heavy atom. The van der Waals surface area contributed by atoms with Gasteiger partial charge in [0.05, 0.1) is 0 Å². The van der Waals surface area contributed by atoms with E-state index in [1.807, 2.05) is 17.7 Å². The molecule has 0 aliphatic carbocycles. The Hall–Kier alpha value is -0.810. The first-order valence-corrected chi connectivity index (χ1v) is 6.64. The van der Waals surface area contributed by atoms with Crippen LogP contribution in [0, 0.1) is 0 Å². The fourth-order valence-corrected chi connectivity index (χ4v) is 2.31. The lowest BCUT2D eigenvalue weighted by Crippen LogP contribution is -2.05. The first-order valence-electron chi connectivity index (χ1n) is 5.40. The van der Waals surface area contributed by atoms with Gasteiger partial charge in [0.15, 0.2) is 5.16 Å². The molecule has 0 radical (unpaired) electrons. The van der Waals surface area contributed by atoms with E-state index >= 15 is 0 Å². The molecule has 1 heterocycles. The van der Waals surface area contributed by atoms with E-state index in [2.05, 4.69) is 63.9 Å². The van der Waals surface area contributed by atoms with Crippen LogP contribution in [0.15, 0.2) is 33.9 Å². The van der Waals surface area contributed by atoms with Gasteiger partial charge in [0.1, 0.15) is 5.82 Å². The van der Waals surface area contributed by atoms with Crippen LogP contribution in [-0.4, -0.2) is 14.8 Å². The molecule has 0 fully saturated rings. The Morgan fingerprint density at radius 1 is 1.41 bits per heavy atom. The molecule has 0 unspecified atom stereocenters. The molecule has 2 rings (SSSR count). The molecule has 1 aromatic heterocycles. The third kappa shape index (κ3) is 2.90. The van der Waals surface area contributed by atoms with Gasteiger partial charge in [-0.15, -0.1) is 22.8 Å². The number of benzene rings is 1. The predicted molar refractivity (Wildman–Crippen MR) is 74.5 cm³/mol. The number of halogens is 1. The summed E-state index contributed by atoms with van der Waals surface area (Å²) in [6.45, 7) is 2.19. The van der Waals surface area contributed by atoms with Gasteiger partial charge in [0, 0.05) is 17.9 Å². The number of rotatable bonds is 3. The molecule has 0 N–H and O–H groups in total. The maximum atomic E-state index is 4.23. The molecular weight excluding hydrogens is 298 g/mol. The highest BCUT2D eigenvalue weighted by molar-refractivity contribution is 9.10. The van der Waals surface area contributed by atoms with Crippen molar-refractivity contribution in [2.24, 2.45) is 7.05 Å². The van der Waals surface area contributed by atoms with Crippen LogP contribution in [0.4, 0.5) is 0 Å². The molecule has 0 saturated heterocycles. The molecular formula is C12H14BrN3S. The van der Waals surface area contributed by atoms with Crippen molar-refractivity contribution in [1.82, 2.24) is 14.8 Å². The lowest BCUT2D eigenvalue weighted by atomic mass is 9.98. The predicted octanol–water partition coefficient (Wildman–Crippen LogP) is 3.21. The second-order valence-electron chi connectivity index (χ2n) is 4.14. The number of nitrogens with zero attached hydrogens (tertiary/aromatic N) is 3. The Balaban J connectivity index is 2.17. The van der Waals surface area contributed by atoms with Crippen molar-refractivity contribution < 1.29 is 0 Å². The first-order chi connectivity index (χ1) is 8.08. The lowest BCUT2D eigenvalue weighted by Gasteiger charge is -2.11. The summed E-state index contributed by atoms with van der Waals surface area (Å²) in [5, 5.41) is 8.73. The van der Waals surface area contributed by atoms with Gasteiger partial charge in [0.25, 0.3) is 0 Å². The molecule has 1 atom stereocenters. The third-order valence-corrected chi connectivity index (χ3v) is 3.73. The molecule has 0 aliphatic rings. The monoisotopic (exact) mass is 311 g/mol. The average molecular weight is 312 g/mol. The van der Waals surface area contributed by atoms with E-state index in [9.17, 15) is 0 Å². The van der Waals surface area contributed by atoms with Crippen molar-refractivity contribution in [2.45, 2.75) is 24.4 Å². The highest BCUT2D eigenvalue weighted by Crippen LogP contribution is 2.22. The van der Waals surface area contributed by atoms with Crippen molar-refractivity contribution in [3.8, 4) is 0 Å². The van der Waals surface area contributed by atoms with Crippen LogP contribution in [0.5, 0.6) is 0 Å². The van der Waals surface area contributed by atoms with Crippen LogP contribution in [0.1, 0.15) is 24.2 Å². The van der Waals surface area contributed by atoms with Gasteiger partial charge in [-0.2, -0.15) is 0 Å². The van der Waals surface area contributed by atoms with Gasteiger partial charge in [-0.1, -0.05) is 35.0 Å². The molecule has 3 nitrogen and oxygen atoms in total. The standard InChI is InChI=1S/C12H14BrN3S/c1-8(9-4-3-5-10(13)7-9)6-11-14-15-12(17)16(11)2/h3-5,7-8H,6H2,1-2H3,(H,15,17)/t8-/m1/s1. The van der Waals surface area contributed by atoms with E-state index in [4.69, 9.17) is 0 Å². The van der Waals surface area contributed by atoms with E-state index in [1.165, 1.54) is 5.56 Å². The molecule has 17 heavy (non-hydrogen) atoms. The van der Waals surface area contributed by atoms with Gasteiger partial charge < -0.3 is 4.57 Å². The summed E-state index contributed by atoms with van der Waals surface area (Å²) in [5.41, 5.74) is 1.29. The molecule has 0 bridgehead atoms. The minimum Gasteiger partial charge on any atom is -0.309 e. The zero-order chi connectivity index (χ0) is 12.4. The Morgan fingerprint density at radius 2 is 2.18 bits per heavy atom. The second kappa shape index (κ2) is 5.23. The topological polar surface area (TPSA) is 30.7 Å². The summed E-state index contributed by atoms with van der Waals surface area (Å²) in [6.07, 6.45) is 0.862. The molecule has 2 aromatic rings. The highest BCUT2D eigenvalue weighted by atomic mass is 79.9.